The van der Waals surface area contributed by atoms with E-state index in [9.17, 15) is 9.59 Å². The van der Waals surface area contributed by atoms with Crippen LogP contribution in [0.2, 0.25) is 0 Å². The highest BCUT2D eigenvalue weighted by Crippen LogP contribution is 2.19. The molecule has 2 aromatic carbocycles. The van der Waals surface area contributed by atoms with Gasteiger partial charge >= 0.3 is 12.2 Å². The van der Waals surface area contributed by atoms with Crippen LogP contribution in [0.15, 0.2) is 54.6 Å². The van der Waals surface area contributed by atoms with Crippen molar-refractivity contribution in [2.45, 2.75) is 0 Å². The molecule has 114 valence electrons. The van der Waals surface area contributed by atoms with Crippen LogP contribution in [-0.2, 0) is 4.74 Å². The van der Waals surface area contributed by atoms with E-state index in [-0.39, 0.29) is 0 Å². The van der Waals surface area contributed by atoms with Gasteiger partial charge in [-0.2, -0.15) is 0 Å². The molecular weight excluding hydrogens is 284 g/mol. The van der Waals surface area contributed by atoms with Gasteiger partial charge in [0.25, 0.3) is 0 Å². The van der Waals surface area contributed by atoms with Crippen molar-refractivity contribution < 1.29 is 19.1 Å². The lowest BCUT2D eigenvalue weighted by Gasteiger charge is -2.17. The Kier molecular flexibility index (Phi) is 4.98. The summed E-state index contributed by atoms with van der Waals surface area (Å²) in [7, 11) is 2.89. The number of methoxy groups -OCH3 is 1. The Morgan fingerprint density at radius 1 is 1.05 bits per heavy atom. The molecule has 0 radical (unpaired) electrons. The van der Waals surface area contributed by atoms with Crippen LogP contribution in [0.25, 0.3) is 0 Å². The zero-order valence-electron chi connectivity index (χ0n) is 12.3. The van der Waals surface area contributed by atoms with E-state index in [0.717, 1.165) is 5.69 Å². The zero-order chi connectivity index (χ0) is 15.9. The first-order chi connectivity index (χ1) is 10.6. The molecule has 0 unspecified atom stereocenters. The molecule has 0 aliphatic heterocycles. The second-order valence-electron chi connectivity index (χ2n) is 4.41. The maximum Gasteiger partial charge on any atom is 0.419 e. The second kappa shape index (κ2) is 7.12. The number of nitrogens with zero attached hydrogens (tertiary/aromatic N) is 1. The minimum Gasteiger partial charge on any atom is -0.453 e. The third-order valence-electron chi connectivity index (χ3n) is 2.89. The fourth-order valence-corrected chi connectivity index (χ4v) is 1.73. The summed E-state index contributed by atoms with van der Waals surface area (Å²) in [4.78, 5) is 24.6. The van der Waals surface area contributed by atoms with E-state index in [1.165, 1.54) is 18.1 Å². The predicted octanol–water partition coefficient (Wildman–Crippen LogP) is 3.50. The van der Waals surface area contributed by atoms with Gasteiger partial charge in [-0.25, -0.2) is 9.59 Å². The standard InChI is InChI=1S/C16H16N2O4/c1-18(13-8-4-3-5-9-13)16(20)22-14-10-6-7-12(11-14)17-15(19)21-2/h3-11H,1-2H3,(H,17,19). The summed E-state index contributed by atoms with van der Waals surface area (Å²) in [5.74, 6) is 0.321. The van der Waals surface area contributed by atoms with Gasteiger partial charge in [0.05, 0.1) is 7.11 Å². The molecule has 0 aliphatic carbocycles. The van der Waals surface area contributed by atoms with Crippen LogP contribution in [0.3, 0.4) is 0 Å². The fraction of sp³-hybridized carbons (Fsp3) is 0.125. The van der Waals surface area contributed by atoms with Crippen LogP contribution in [0, 0.1) is 0 Å². The van der Waals surface area contributed by atoms with Gasteiger partial charge in [0.2, 0.25) is 0 Å². The largest absolute Gasteiger partial charge is 0.453 e. The van der Waals surface area contributed by atoms with Crippen molar-refractivity contribution in [3.8, 4) is 5.75 Å². The van der Waals surface area contributed by atoms with Crippen LogP contribution in [0.1, 0.15) is 0 Å². The van der Waals surface area contributed by atoms with Gasteiger partial charge in [0.1, 0.15) is 5.75 Å². The van der Waals surface area contributed by atoms with Crippen molar-refractivity contribution in [3.63, 3.8) is 0 Å². The molecule has 0 spiro atoms. The summed E-state index contributed by atoms with van der Waals surface area (Å²) < 4.78 is 9.79. The van der Waals surface area contributed by atoms with Crippen molar-refractivity contribution in [2.24, 2.45) is 0 Å². The van der Waals surface area contributed by atoms with Crippen LogP contribution < -0.4 is 15.0 Å². The number of nitrogens with one attached hydrogen (secondary N) is 1. The molecule has 2 rings (SSSR count). The summed E-state index contributed by atoms with van der Waals surface area (Å²) in [6.07, 6.45) is -1.12. The molecule has 0 bridgehead atoms. The van der Waals surface area contributed by atoms with Gasteiger partial charge in [0, 0.05) is 24.5 Å². The van der Waals surface area contributed by atoms with E-state index in [4.69, 9.17) is 4.74 Å². The minimum absolute atomic E-state index is 0.321. The number of carbonyl (C=O) groups is 2. The van der Waals surface area contributed by atoms with Crippen molar-refractivity contribution in [1.82, 2.24) is 0 Å². The van der Waals surface area contributed by atoms with E-state index >= 15 is 0 Å². The molecule has 2 amide bonds. The average molecular weight is 300 g/mol. The number of anilines is 2. The third-order valence-corrected chi connectivity index (χ3v) is 2.89. The van der Waals surface area contributed by atoms with E-state index in [1.807, 2.05) is 18.2 Å². The normalized spacial score (nSPS) is 9.73. The maximum absolute atomic E-state index is 12.1. The number of hydrogen-bond acceptors (Lipinski definition) is 4. The Morgan fingerprint density at radius 3 is 2.45 bits per heavy atom. The summed E-state index contributed by atoms with van der Waals surface area (Å²) in [6, 6.07) is 15.6. The Bertz CT molecular complexity index is 658. The van der Waals surface area contributed by atoms with Crippen LogP contribution in [0.4, 0.5) is 21.0 Å². The third kappa shape index (κ3) is 3.99. The van der Waals surface area contributed by atoms with Gasteiger partial charge < -0.3 is 9.47 Å². The van der Waals surface area contributed by atoms with E-state index in [0.29, 0.717) is 11.4 Å². The van der Waals surface area contributed by atoms with Gasteiger partial charge in [-0.1, -0.05) is 24.3 Å². The predicted molar refractivity (Wildman–Crippen MR) is 83.3 cm³/mol. The molecular formula is C16H16N2O4. The first kappa shape index (κ1) is 15.4. The zero-order valence-corrected chi connectivity index (χ0v) is 12.3. The molecule has 0 aromatic heterocycles. The molecule has 22 heavy (non-hydrogen) atoms. The number of ether oxygens (including phenoxy) is 2. The smallest absolute Gasteiger partial charge is 0.419 e. The first-order valence-electron chi connectivity index (χ1n) is 6.56. The summed E-state index contributed by atoms with van der Waals surface area (Å²) >= 11 is 0. The summed E-state index contributed by atoms with van der Waals surface area (Å²) in [5, 5.41) is 2.50. The Balaban J connectivity index is 2.05. The lowest BCUT2D eigenvalue weighted by atomic mass is 10.3. The van der Waals surface area contributed by atoms with Gasteiger partial charge in [-0.3, -0.25) is 10.2 Å². The molecule has 1 N–H and O–H groups in total. The number of hydrogen-bond donors (Lipinski definition) is 1. The molecule has 2 aromatic rings. The average Bonchev–Trinajstić information content (AvgIpc) is 2.55. The number of carbonyl (C=O) groups excluding carboxylic acids is 2. The minimum atomic E-state index is -0.593. The number of rotatable bonds is 3. The van der Waals surface area contributed by atoms with Gasteiger partial charge in [-0.15, -0.1) is 0 Å². The molecule has 0 atom stereocenters. The van der Waals surface area contributed by atoms with Crippen molar-refractivity contribution in [3.05, 3.63) is 54.6 Å². The van der Waals surface area contributed by atoms with Crippen molar-refractivity contribution in [2.75, 3.05) is 24.4 Å². The van der Waals surface area contributed by atoms with Gasteiger partial charge in [-0.05, 0) is 24.3 Å². The Labute approximate surface area is 128 Å². The fourth-order valence-electron chi connectivity index (χ4n) is 1.73. The van der Waals surface area contributed by atoms with E-state index in [1.54, 1.807) is 37.4 Å². The first-order valence-corrected chi connectivity index (χ1v) is 6.56. The molecule has 0 heterocycles. The number of para-hydroxylation sites is 1. The monoisotopic (exact) mass is 300 g/mol. The number of benzene rings is 2. The topological polar surface area (TPSA) is 67.9 Å². The molecule has 0 saturated heterocycles. The Hall–Kier alpha value is -3.02. The van der Waals surface area contributed by atoms with E-state index < -0.39 is 12.2 Å². The molecule has 6 nitrogen and oxygen atoms in total. The highest BCUT2D eigenvalue weighted by molar-refractivity contribution is 5.89. The van der Waals surface area contributed by atoms with Crippen LogP contribution in [-0.4, -0.2) is 26.3 Å². The number of amides is 2. The highest BCUT2D eigenvalue weighted by Gasteiger charge is 2.13. The van der Waals surface area contributed by atoms with Gasteiger partial charge in [0.15, 0.2) is 0 Å². The quantitative estimate of drug-likeness (QED) is 0.942. The SMILES string of the molecule is COC(=O)Nc1cccc(OC(=O)N(C)c2ccccc2)c1. The lowest BCUT2D eigenvalue weighted by Crippen LogP contribution is -2.29. The van der Waals surface area contributed by atoms with Crippen LogP contribution >= 0.6 is 0 Å². The molecule has 0 aliphatic rings. The van der Waals surface area contributed by atoms with E-state index in [2.05, 4.69) is 10.1 Å². The van der Waals surface area contributed by atoms with Crippen LogP contribution in [0.5, 0.6) is 5.75 Å². The summed E-state index contributed by atoms with van der Waals surface area (Å²) in [5.41, 5.74) is 1.19. The van der Waals surface area contributed by atoms with Crippen molar-refractivity contribution >= 4 is 23.6 Å². The molecule has 6 heteroatoms. The Morgan fingerprint density at radius 2 is 1.77 bits per heavy atom. The lowest BCUT2D eigenvalue weighted by molar-refractivity contribution is 0.187. The molecule has 0 fully saturated rings. The second-order valence-corrected chi connectivity index (χ2v) is 4.41. The molecule has 0 saturated carbocycles. The highest BCUT2D eigenvalue weighted by atomic mass is 16.6. The maximum atomic E-state index is 12.1. The van der Waals surface area contributed by atoms with Crippen molar-refractivity contribution in [1.29, 1.82) is 0 Å². The summed E-state index contributed by atoms with van der Waals surface area (Å²) in [6.45, 7) is 0.